The van der Waals surface area contributed by atoms with E-state index in [0.29, 0.717) is 40.7 Å². The number of aliphatic carboxylic acids is 2. The molecule has 13 heteroatoms. The van der Waals surface area contributed by atoms with Crippen molar-refractivity contribution in [3.8, 4) is 11.5 Å². The zero-order valence-corrected chi connectivity index (χ0v) is 26.3. The van der Waals surface area contributed by atoms with Crippen molar-refractivity contribution in [2.24, 2.45) is 0 Å². The maximum absolute atomic E-state index is 11.7. The van der Waals surface area contributed by atoms with E-state index in [4.69, 9.17) is 0 Å². The molecule has 0 aromatic heterocycles. The summed E-state index contributed by atoms with van der Waals surface area (Å²) in [6, 6.07) is 5.33. The van der Waals surface area contributed by atoms with Gasteiger partial charge in [-0.3, -0.25) is 19.4 Å². The maximum atomic E-state index is 11.7. The van der Waals surface area contributed by atoms with E-state index in [-0.39, 0.29) is 91.0 Å². The quantitative estimate of drug-likeness (QED) is 0.105. The van der Waals surface area contributed by atoms with Crippen molar-refractivity contribution in [3.63, 3.8) is 0 Å². The molecule has 0 radical (unpaired) electrons. The average molecular weight is 613 g/mol. The third-order valence-electron chi connectivity index (χ3n) is 6.61. The van der Waals surface area contributed by atoms with Crippen LogP contribution in [0.15, 0.2) is 24.3 Å². The van der Waals surface area contributed by atoms with Crippen LogP contribution in [0.4, 0.5) is 0 Å². The van der Waals surface area contributed by atoms with Gasteiger partial charge in [-0.2, -0.15) is 0 Å². The molecule has 0 aliphatic carbocycles. The van der Waals surface area contributed by atoms with Gasteiger partial charge in [0.15, 0.2) is 0 Å². The molecule has 0 heterocycles. The van der Waals surface area contributed by atoms with E-state index in [2.05, 4.69) is 0 Å². The molecule has 1 unspecified atom stereocenters. The van der Waals surface area contributed by atoms with Gasteiger partial charge in [-0.1, -0.05) is 26.0 Å². The number of rotatable bonds is 16. The second kappa shape index (κ2) is 18.7. The summed E-state index contributed by atoms with van der Waals surface area (Å²) in [4.78, 5) is 26.4. The van der Waals surface area contributed by atoms with Gasteiger partial charge in [0, 0.05) is 53.9 Å². The van der Waals surface area contributed by atoms with Gasteiger partial charge >= 0.3 is 41.5 Å². The Morgan fingerprint density at radius 1 is 0.800 bits per heavy atom. The minimum Gasteiger partial charge on any atom is -0.508 e. The Balaban J connectivity index is 0.00000760. The molecule has 0 spiro atoms. The number of nitrogens with zero attached hydrogens (tertiary/aromatic N) is 2. The van der Waals surface area contributed by atoms with Gasteiger partial charge in [0.05, 0.1) is 32.9 Å². The van der Waals surface area contributed by atoms with E-state index < -0.39 is 37.7 Å². The van der Waals surface area contributed by atoms with Crippen LogP contribution in [-0.4, -0.2) is 89.8 Å². The van der Waals surface area contributed by atoms with Crippen molar-refractivity contribution in [3.05, 3.63) is 57.6 Å². The first-order chi connectivity index (χ1) is 18.1. The Hall–Kier alpha value is -1.70. The molecular formula is C27H38FeN2NaO9+. The summed E-state index contributed by atoms with van der Waals surface area (Å²) in [6.45, 7) is 1.66. The predicted molar refractivity (Wildman–Crippen MR) is 139 cm³/mol. The minimum absolute atomic E-state index is 0. The fourth-order valence-corrected chi connectivity index (χ4v) is 4.74. The Labute approximate surface area is 266 Å². The van der Waals surface area contributed by atoms with Crippen molar-refractivity contribution in [2.45, 2.75) is 59.0 Å². The molecule has 0 aliphatic heterocycles. The summed E-state index contributed by atoms with van der Waals surface area (Å²) >= 11 is 0. The number of carboxylic acids is 2. The molecule has 40 heavy (non-hydrogen) atoms. The third kappa shape index (κ3) is 10.6. The van der Waals surface area contributed by atoms with Crippen molar-refractivity contribution in [1.82, 2.24) is 9.80 Å². The second-order valence-corrected chi connectivity index (χ2v) is 9.18. The maximum Gasteiger partial charge on any atom is 1.00 e. The molecule has 218 valence electrons. The van der Waals surface area contributed by atoms with Gasteiger partial charge < -0.3 is 35.7 Å². The topological polar surface area (TPSA) is 182 Å². The monoisotopic (exact) mass is 613 g/mol. The molecule has 11 nitrogen and oxygen atoms in total. The van der Waals surface area contributed by atoms with Crippen molar-refractivity contribution in [1.29, 1.82) is 0 Å². The van der Waals surface area contributed by atoms with E-state index in [1.807, 2.05) is 13.8 Å². The van der Waals surface area contributed by atoms with Gasteiger partial charge in [-0.05, 0) is 47.2 Å². The van der Waals surface area contributed by atoms with Crippen LogP contribution >= 0.6 is 0 Å². The molecule has 0 saturated carbocycles. The number of carboxylic acid groups (broad SMARTS) is 2. The fourth-order valence-electron chi connectivity index (χ4n) is 4.74. The number of hydrogen-bond donors (Lipinski definition) is 7. The predicted octanol–water partition coefficient (Wildman–Crippen LogP) is -1.96. The smallest absolute Gasteiger partial charge is 0.508 e. The summed E-state index contributed by atoms with van der Waals surface area (Å²) in [6.07, 6.45) is 0.991. The van der Waals surface area contributed by atoms with Crippen LogP contribution in [0.2, 0.25) is 0 Å². The first kappa shape index (κ1) is 38.3. The molecule has 2 aromatic rings. The Morgan fingerprint density at radius 3 is 1.95 bits per heavy atom. The Morgan fingerprint density at radius 2 is 1.45 bits per heavy atom. The van der Waals surface area contributed by atoms with E-state index in [9.17, 15) is 45.3 Å². The number of aliphatic hydroxyl groups excluding tert-OH is 3. The van der Waals surface area contributed by atoms with Gasteiger partial charge in [-0.25, -0.2) is 0 Å². The molecule has 0 saturated heterocycles. The minimum atomic E-state index is -1.17. The van der Waals surface area contributed by atoms with Crippen LogP contribution in [0.3, 0.4) is 0 Å². The summed E-state index contributed by atoms with van der Waals surface area (Å²) < 4.78 is 0. The first-order valence-electron chi connectivity index (χ1n) is 12.5. The van der Waals surface area contributed by atoms with E-state index in [0.717, 1.165) is 5.56 Å². The van der Waals surface area contributed by atoms with Crippen LogP contribution in [0, 0.1) is 0 Å². The van der Waals surface area contributed by atoms with Gasteiger partial charge in [-0.15, -0.1) is 0 Å². The van der Waals surface area contributed by atoms with E-state index in [1.54, 1.807) is 12.1 Å². The van der Waals surface area contributed by atoms with Crippen molar-refractivity contribution < 1.29 is 92.0 Å². The first-order valence-corrected chi connectivity index (χ1v) is 12.5. The summed E-state index contributed by atoms with van der Waals surface area (Å²) in [7, 11) is 0. The average Bonchev–Trinajstić information content (AvgIpc) is 2.87. The molecule has 2 rings (SSSR count). The van der Waals surface area contributed by atoms with Crippen molar-refractivity contribution in [2.75, 3.05) is 26.2 Å². The molecule has 2 aromatic carbocycles. The number of benzene rings is 2. The number of phenolic OH excluding ortho intramolecular Hbond substituents is 2. The number of phenols is 2. The van der Waals surface area contributed by atoms with E-state index in [1.165, 1.54) is 21.9 Å². The molecule has 1 atom stereocenters. The number of aliphatic hydroxyl groups is 3. The van der Waals surface area contributed by atoms with Crippen LogP contribution in [0.25, 0.3) is 0 Å². The molecular weight excluding hydrogens is 575 g/mol. The zero-order valence-electron chi connectivity index (χ0n) is 23.2. The van der Waals surface area contributed by atoms with Gasteiger partial charge in [0.25, 0.3) is 0 Å². The molecule has 0 fully saturated rings. The Bertz CT molecular complexity index is 1120. The summed E-state index contributed by atoms with van der Waals surface area (Å²) in [5.74, 6) is -2.48. The largest absolute Gasteiger partial charge is 1.00 e. The van der Waals surface area contributed by atoms with Crippen LogP contribution in [0.5, 0.6) is 11.5 Å². The number of carbonyl (C=O) groups is 2. The number of aromatic hydroxyl groups is 2. The number of aryl methyl sites for hydroxylation is 1. The Kier molecular flexibility index (Phi) is 17.9. The van der Waals surface area contributed by atoms with Gasteiger partial charge in [0.2, 0.25) is 0 Å². The summed E-state index contributed by atoms with van der Waals surface area (Å²) in [5.41, 5.74) is 3.42. The second-order valence-electron chi connectivity index (χ2n) is 9.18. The molecule has 0 aliphatic rings. The van der Waals surface area contributed by atoms with Crippen molar-refractivity contribution >= 4 is 11.9 Å². The fraction of sp³-hybridized carbons (Fsp3) is 0.481. The SMILES string of the molecule is CCc1cc(CO)cc(O)c1CN(CC(=O)O)CC(CO)N(CC(=O)O)Cc1c(O)ccc(CO)c1CC.[Fe].[Na+]. The number of hydrogen-bond acceptors (Lipinski definition) is 9. The van der Waals surface area contributed by atoms with Crippen LogP contribution < -0.4 is 29.6 Å². The molecule has 0 amide bonds. The zero-order chi connectivity index (χ0) is 28.4. The standard InChI is InChI=1S/C27H38N2O9.Fe.Na/c1-3-18-7-17(14-30)8-25(34)22(18)10-28(12-26(35)36)9-20(16-32)29(13-27(37)38)11-23-21(4-2)19(15-31)5-6-24(23)33;;/h5-8,20,30-34H,3-4,9-16H2,1-2H3,(H,35,36)(H,37,38);;/q;;+1. The molecule has 7 N–H and O–H groups in total. The van der Waals surface area contributed by atoms with Crippen LogP contribution in [-0.2, 0) is 65.8 Å². The third-order valence-corrected chi connectivity index (χ3v) is 6.61. The normalized spacial score (nSPS) is 11.7. The van der Waals surface area contributed by atoms with Gasteiger partial charge in [0.1, 0.15) is 11.5 Å². The molecule has 0 bridgehead atoms. The summed E-state index contributed by atoms with van der Waals surface area (Å²) in [5, 5.41) is 69.7. The van der Waals surface area contributed by atoms with E-state index >= 15 is 0 Å². The van der Waals surface area contributed by atoms with Crippen LogP contribution in [0.1, 0.15) is 47.2 Å².